The Morgan fingerprint density at radius 3 is 2.81 bits per heavy atom. The second-order valence-electron chi connectivity index (χ2n) is 6.78. The molecule has 0 spiro atoms. The molecule has 132 valence electrons. The lowest BCUT2D eigenvalue weighted by molar-refractivity contribution is 0.0952. The number of aromatic nitrogens is 1. The van der Waals surface area contributed by atoms with Gasteiger partial charge in [-0.1, -0.05) is 46.3 Å². The first-order valence-electron chi connectivity index (χ1n) is 8.74. The zero-order valence-electron chi connectivity index (χ0n) is 14.5. The average molecular weight is 411 g/mol. The van der Waals surface area contributed by atoms with Gasteiger partial charge in [-0.2, -0.15) is 0 Å². The summed E-state index contributed by atoms with van der Waals surface area (Å²) in [5.41, 5.74) is 3.26. The number of hydrogen-bond donors (Lipinski definition) is 1. The molecule has 1 N–H and O–H groups in total. The third kappa shape index (κ3) is 2.97. The maximum Gasteiger partial charge on any atom is 0.256 e. The Morgan fingerprint density at radius 1 is 1.27 bits per heavy atom. The molecule has 0 aliphatic carbocycles. The van der Waals surface area contributed by atoms with E-state index in [4.69, 9.17) is 0 Å². The second-order valence-corrected chi connectivity index (χ2v) is 7.70. The highest BCUT2D eigenvalue weighted by molar-refractivity contribution is 9.10. The molecule has 1 atom stereocenters. The van der Waals surface area contributed by atoms with Crippen LogP contribution in [0.4, 0.5) is 0 Å². The third-order valence-electron chi connectivity index (χ3n) is 4.95. The molecular formula is C21H19BrN2O2. The number of halogens is 1. The lowest BCUT2D eigenvalue weighted by atomic mass is 10.1. The van der Waals surface area contributed by atoms with Gasteiger partial charge in [0.05, 0.1) is 5.52 Å². The molecule has 0 saturated carbocycles. The predicted molar refractivity (Wildman–Crippen MR) is 107 cm³/mol. The zero-order valence-corrected chi connectivity index (χ0v) is 16.0. The first-order chi connectivity index (χ1) is 12.5. The van der Waals surface area contributed by atoms with Gasteiger partial charge in [0.15, 0.2) is 0 Å². The molecule has 1 aromatic heterocycles. The van der Waals surface area contributed by atoms with Gasteiger partial charge >= 0.3 is 0 Å². The molecule has 0 unspecified atom stereocenters. The Labute approximate surface area is 160 Å². The fourth-order valence-corrected chi connectivity index (χ4v) is 4.19. The predicted octanol–water partition coefficient (Wildman–Crippen LogP) is 3.85. The fraction of sp³-hybridized carbons (Fsp3) is 0.238. The molecule has 3 aromatic rings. The van der Waals surface area contributed by atoms with E-state index in [1.165, 1.54) is 0 Å². The number of amides is 1. The van der Waals surface area contributed by atoms with Crippen LogP contribution in [0.15, 0.2) is 57.9 Å². The monoisotopic (exact) mass is 410 g/mol. The molecule has 1 amide bonds. The molecule has 0 bridgehead atoms. The number of rotatable bonds is 4. The van der Waals surface area contributed by atoms with Gasteiger partial charge in [0.25, 0.3) is 5.91 Å². The minimum Gasteiger partial charge on any atom is -0.352 e. The van der Waals surface area contributed by atoms with Crippen LogP contribution < -0.4 is 10.7 Å². The molecule has 2 aromatic carbocycles. The quantitative estimate of drug-likeness (QED) is 0.709. The van der Waals surface area contributed by atoms with E-state index in [0.29, 0.717) is 11.9 Å². The van der Waals surface area contributed by atoms with Crippen molar-refractivity contribution in [3.05, 3.63) is 80.0 Å². The maximum atomic E-state index is 12.9. The van der Waals surface area contributed by atoms with Crippen molar-refractivity contribution in [1.29, 1.82) is 0 Å². The summed E-state index contributed by atoms with van der Waals surface area (Å²) in [5.74, 6) is -0.308. The lowest BCUT2D eigenvalue weighted by Crippen LogP contribution is -2.31. The highest BCUT2D eigenvalue weighted by atomic mass is 79.9. The van der Waals surface area contributed by atoms with Crippen molar-refractivity contribution in [2.24, 2.45) is 0 Å². The van der Waals surface area contributed by atoms with Crippen LogP contribution in [-0.4, -0.2) is 17.0 Å². The molecule has 5 heteroatoms. The van der Waals surface area contributed by atoms with Gasteiger partial charge in [-0.05, 0) is 43.0 Å². The summed E-state index contributed by atoms with van der Waals surface area (Å²) in [7, 11) is 0. The molecule has 2 heterocycles. The van der Waals surface area contributed by atoms with E-state index >= 15 is 0 Å². The summed E-state index contributed by atoms with van der Waals surface area (Å²) >= 11 is 3.48. The SMILES string of the molecule is C[C@H]1Cc2cc(Br)cc3c(=O)c(C(=O)NCCc4ccccc4)cn1c23. The topological polar surface area (TPSA) is 51.1 Å². The van der Waals surface area contributed by atoms with Crippen LogP contribution in [0.25, 0.3) is 10.9 Å². The summed E-state index contributed by atoms with van der Waals surface area (Å²) in [6, 6.07) is 14.1. The van der Waals surface area contributed by atoms with E-state index in [0.717, 1.165) is 34.0 Å². The van der Waals surface area contributed by atoms with Gasteiger partial charge in [-0.25, -0.2) is 0 Å². The number of benzene rings is 2. The van der Waals surface area contributed by atoms with E-state index in [-0.39, 0.29) is 22.9 Å². The van der Waals surface area contributed by atoms with E-state index < -0.39 is 0 Å². The van der Waals surface area contributed by atoms with Crippen molar-refractivity contribution >= 4 is 32.7 Å². The van der Waals surface area contributed by atoms with Crippen molar-refractivity contribution < 1.29 is 4.79 Å². The van der Waals surface area contributed by atoms with Gasteiger partial charge in [0, 0.05) is 28.6 Å². The second kappa shape index (κ2) is 6.72. The van der Waals surface area contributed by atoms with Gasteiger partial charge in [-0.3, -0.25) is 9.59 Å². The van der Waals surface area contributed by atoms with Crippen LogP contribution in [0.1, 0.15) is 34.5 Å². The number of carbonyl (C=O) groups excluding carboxylic acids is 1. The van der Waals surface area contributed by atoms with E-state index in [1.54, 1.807) is 6.20 Å². The van der Waals surface area contributed by atoms with Crippen LogP contribution in [0.5, 0.6) is 0 Å². The Hall–Kier alpha value is -2.40. The number of pyridine rings is 1. The number of nitrogens with one attached hydrogen (secondary N) is 1. The summed E-state index contributed by atoms with van der Waals surface area (Å²) in [6.07, 6.45) is 3.33. The van der Waals surface area contributed by atoms with Crippen molar-refractivity contribution in [1.82, 2.24) is 9.88 Å². The summed E-state index contributed by atoms with van der Waals surface area (Å²) in [4.78, 5) is 25.5. The standard InChI is InChI=1S/C21H19BrN2O2/c1-13-9-15-10-16(22)11-17-19(15)24(13)12-18(20(17)25)21(26)23-8-7-14-5-3-2-4-6-14/h2-6,10-13H,7-9H2,1H3,(H,23,26)/t13-/m0/s1. The number of hydrogen-bond acceptors (Lipinski definition) is 2. The molecule has 1 aliphatic rings. The molecule has 0 radical (unpaired) electrons. The van der Waals surface area contributed by atoms with Crippen LogP contribution in [-0.2, 0) is 12.8 Å². The van der Waals surface area contributed by atoms with Crippen LogP contribution in [0.2, 0.25) is 0 Å². The van der Waals surface area contributed by atoms with E-state index in [1.807, 2.05) is 36.4 Å². The smallest absolute Gasteiger partial charge is 0.256 e. The summed E-state index contributed by atoms with van der Waals surface area (Å²) in [6.45, 7) is 2.61. The molecule has 4 nitrogen and oxygen atoms in total. The third-order valence-corrected chi connectivity index (χ3v) is 5.40. The van der Waals surface area contributed by atoms with Crippen LogP contribution in [0.3, 0.4) is 0 Å². The normalized spacial score (nSPS) is 15.4. The van der Waals surface area contributed by atoms with Crippen molar-refractivity contribution in [3.8, 4) is 0 Å². The minimum atomic E-state index is -0.308. The van der Waals surface area contributed by atoms with Gasteiger partial charge in [-0.15, -0.1) is 0 Å². The Bertz CT molecular complexity index is 1060. The Balaban J connectivity index is 1.64. The number of nitrogens with zero attached hydrogens (tertiary/aromatic N) is 1. The van der Waals surface area contributed by atoms with E-state index in [2.05, 4.69) is 38.8 Å². The average Bonchev–Trinajstić information content (AvgIpc) is 2.94. The summed E-state index contributed by atoms with van der Waals surface area (Å²) in [5, 5.41) is 3.49. The van der Waals surface area contributed by atoms with E-state index in [9.17, 15) is 9.59 Å². The van der Waals surface area contributed by atoms with Crippen LogP contribution in [0, 0.1) is 0 Å². The van der Waals surface area contributed by atoms with Crippen molar-refractivity contribution in [3.63, 3.8) is 0 Å². The Kier molecular flexibility index (Phi) is 4.41. The number of carbonyl (C=O) groups is 1. The van der Waals surface area contributed by atoms with Crippen molar-refractivity contribution in [2.45, 2.75) is 25.8 Å². The largest absolute Gasteiger partial charge is 0.352 e. The molecular weight excluding hydrogens is 392 g/mol. The van der Waals surface area contributed by atoms with Gasteiger partial charge < -0.3 is 9.88 Å². The Morgan fingerprint density at radius 2 is 2.04 bits per heavy atom. The van der Waals surface area contributed by atoms with Gasteiger partial charge in [0.2, 0.25) is 5.43 Å². The minimum absolute atomic E-state index is 0.204. The first kappa shape index (κ1) is 17.0. The zero-order chi connectivity index (χ0) is 18.3. The fourth-order valence-electron chi connectivity index (χ4n) is 3.68. The molecule has 0 fully saturated rings. The highest BCUT2D eigenvalue weighted by Gasteiger charge is 2.25. The van der Waals surface area contributed by atoms with Crippen LogP contribution >= 0.6 is 15.9 Å². The first-order valence-corrected chi connectivity index (χ1v) is 9.53. The lowest BCUT2D eigenvalue weighted by Gasteiger charge is -2.13. The van der Waals surface area contributed by atoms with Crippen molar-refractivity contribution in [2.75, 3.05) is 6.54 Å². The highest BCUT2D eigenvalue weighted by Crippen LogP contribution is 2.33. The maximum absolute atomic E-state index is 12.9. The molecule has 0 saturated heterocycles. The summed E-state index contributed by atoms with van der Waals surface area (Å²) < 4.78 is 2.93. The van der Waals surface area contributed by atoms with Gasteiger partial charge in [0.1, 0.15) is 5.56 Å². The molecule has 4 rings (SSSR count). The molecule has 26 heavy (non-hydrogen) atoms. The molecule has 1 aliphatic heterocycles.